The average molecular weight is 354 g/mol. The molecule has 1 fully saturated rings. The topological polar surface area (TPSA) is 101 Å². The molecular formula is C17H24ClN3O3. The molecule has 0 spiro atoms. The van der Waals surface area contributed by atoms with Crippen molar-refractivity contribution in [1.82, 2.24) is 5.32 Å². The van der Waals surface area contributed by atoms with Gasteiger partial charge in [0.15, 0.2) is 0 Å². The Morgan fingerprint density at radius 2 is 1.96 bits per heavy atom. The van der Waals surface area contributed by atoms with Crippen molar-refractivity contribution < 1.29 is 14.4 Å². The predicted octanol–water partition coefficient (Wildman–Crippen LogP) is 1.77. The highest BCUT2D eigenvalue weighted by Crippen LogP contribution is 2.19. The van der Waals surface area contributed by atoms with E-state index in [1.807, 2.05) is 19.1 Å². The van der Waals surface area contributed by atoms with E-state index in [2.05, 4.69) is 10.6 Å². The van der Waals surface area contributed by atoms with Crippen LogP contribution in [0.5, 0.6) is 0 Å². The van der Waals surface area contributed by atoms with Gasteiger partial charge in [-0.25, -0.2) is 0 Å². The van der Waals surface area contributed by atoms with E-state index < -0.39 is 5.54 Å². The van der Waals surface area contributed by atoms with Gasteiger partial charge < -0.3 is 11.1 Å². The fraction of sp³-hybridized carbons (Fsp3) is 0.471. The molecule has 132 valence electrons. The number of nitrogens with two attached hydrogens (primary N) is 1. The number of hydrogen-bond donors (Lipinski definition) is 3. The van der Waals surface area contributed by atoms with E-state index in [1.165, 1.54) is 0 Å². The molecule has 6 nitrogen and oxygen atoms in total. The van der Waals surface area contributed by atoms with Crippen molar-refractivity contribution in [3.8, 4) is 0 Å². The number of carbonyl (C=O) groups excluding carboxylic acids is 3. The second kappa shape index (κ2) is 8.26. The molecule has 2 atom stereocenters. The van der Waals surface area contributed by atoms with Gasteiger partial charge in [0, 0.05) is 12.1 Å². The molecule has 0 aromatic heterocycles. The van der Waals surface area contributed by atoms with E-state index in [0.717, 1.165) is 12.0 Å². The zero-order valence-electron chi connectivity index (χ0n) is 13.9. The van der Waals surface area contributed by atoms with Gasteiger partial charge in [0.1, 0.15) is 0 Å². The number of nitrogens with one attached hydrogen (secondary N) is 2. The van der Waals surface area contributed by atoms with Crippen LogP contribution in [0, 0.1) is 5.92 Å². The molecule has 1 aromatic carbocycles. The lowest BCUT2D eigenvalue weighted by atomic mass is 9.96. The Morgan fingerprint density at radius 1 is 1.33 bits per heavy atom. The Bertz CT molecular complexity index is 614. The second-order valence-corrected chi connectivity index (χ2v) is 6.34. The van der Waals surface area contributed by atoms with Crippen LogP contribution in [0.25, 0.3) is 0 Å². The number of amides is 3. The standard InChI is InChI=1S/C17H23N3O3.ClH/c1-3-8-17(2,18)16(23)19-13-6-4-11(5-7-13)9-12-10-14(21)20-15(12)22;/h4-7,12H,3,8-10,18H2,1-2H3,(H,19,23)(H,20,21,22);1H. The molecule has 0 bridgehead atoms. The summed E-state index contributed by atoms with van der Waals surface area (Å²) >= 11 is 0. The molecule has 1 aliphatic heterocycles. The zero-order chi connectivity index (χ0) is 17.0. The maximum Gasteiger partial charge on any atom is 0.244 e. The summed E-state index contributed by atoms with van der Waals surface area (Å²) in [6.07, 6.45) is 2.19. The van der Waals surface area contributed by atoms with Gasteiger partial charge in [-0.05, 0) is 37.5 Å². The van der Waals surface area contributed by atoms with Crippen LogP contribution in [0.4, 0.5) is 5.69 Å². The van der Waals surface area contributed by atoms with Crippen LogP contribution in [-0.4, -0.2) is 23.3 Å². The molecule has 2 rings (SSSR count). The van der Waals surface area contributed by atoms with Crippen molar-refractivity contribution in [2.45, 2.75) is 45.1 Å². The van der Waals surface area contributed by atoms with Gasteiger partial charge in [0.2, 0.25) is 17.7 Å². The summed E-state index contributed by atoms with van der Waals surface area (Å²) in [5, 5.41) is 5.11. The molecule has 4 N–H and O–H groups in total. The summed E-state index contributed by atoms with van der Waals surface area (Å²) < 4.78 is 0. The Kier molecular flexibility index (Phi) is 6.93. The van der Waals surface area contributed by atoms with E-state index in [0.29, 0.717) is 18.5 Å². The zero-order valence-corrected chi connectivity index (χ0v) is 14.7. The van der Waals surface area contributed by atoms with Crippen LogP contribution in [-0.2, 0) is 20.8 Å². The number of halogens is 1. The molecule has 1 aliphatic rings. The largest absolute Gasteiger partial charge is 0.325 e. The maximum absolute atomic E-state index is 12.1. The third-order valence-electron chi connectivity index (χ3n) is 4.05. The summed E-state index contributed by atoms with van der Waals surface area (Å²) in [5.41, 5.74) is 6.72. The highest BCUT2D eigenvalue weighted by atomic mass is 35.5. The third kappa shape index (κ3) is 5.04. The molecule has 2 unspecified atom stereocenters. The number of rotatable bonds is 6. The first-order chi connectivity index (χ1) is 10.8. The second-order valence-electron chi connectivity index (χ2n) is 6.34. The minimum Gasteiger partial charge on any atom is -0.325 e. The van der Waals surface area contributed by atoms with Crippen molar-refractivity contribution in [2.24, 2.45) is 11.7 Å². The summed E-state index contributed by atoms with van der Waals surface area (Å²) in [6, 6.07) is 7.26. The number of hydrogen-bond acceptors (Lipinski definition) is 4. The molecule has 1 aromatic rings. The van der Waals surface area contributed by atoms with Gasteiger partial charge in [-0.3, -0.25) is 19.7 Å². The predicted molar refractivity (Wildman–Crippen MR) is 94.8 cm³/mol. The van der Waals surface area contributed by atoms with E-state index in [4.69, 9.17) is 5.73 Å². The average Bonchev–Trinajstić information content (AvgIpc) is 2.79. The minimum absolute atomic E-state index is 0. The Balaban J connectivity index is 0.00000288. The van der Waals surface area contributed by atoms with Crippen molar-refractivity contribution in [3.05, 3.63) is 29.8 Å². The molecule has 0 aliphatic carbocycles. The van der Waals surface area contributed by atoms with Crippen molar-refractivity contribution in [1.29, 1.82) is 0 Å². The molecule has 24 heavy (non-hydrogen) atoms. The lowest BCUT2D eigenvalue weighted by Gasteiger charge is -2.22. The molecule has 1 heterocycles. The normalized spacial score (nSPS) is 19.2. The van der Waals surface area contributed by atoms with Gasteiger partial charge in [-0.15, -0.1) is 12.4 Å². The Morgan fingerprint density at radius 3 is 2.46 bits per heavy atom. The van der Waals surface area contributed by atoms with Crippen LogP contribution >= 0.6 is 12.4 Å². The van der Waals surface area contributed by atoms with Gasteiger partial charge in [-0.1, -0.05) is 25.5 Å². The molecule has 7 heteroatoms. The number of benzene rings is 1. The number of anilines is 1. The van der Waals surface area contributed by atoms with Crippen molar-refractivity contribution in [3.63, 3.8) is 0 Å². The summed E-state index contributed by atoms with van der Waals surface area (Å²) in [7, 11) is 0. The summed E-state index contributed by atoms with van der Waals surface area (Å²) in [4.78, 5) is 34.9. The fourth-order valence-electron chi connectivity index (χ4n) is 2.69. The molecular weight excluding hydrogens is 330 g/mol. The molecule has 1 saturated heterocycles. The summed E-state index contributed by atoms with van der Waals surface area (Å²) in [5.74, 6) is -0.958. The number of imide groups is 1. The van der Waals surface area contributed by atoms with Crippen LogP contribution < -0.4 is 16.4 Å². The van der Waals surface area contributed by atoms with Gasteiger partial charge in [0.25, 0.3) is 0 Å². The SMILES string of the molecule is CCCC(C)(N)C(=O)Nc1ccc(CC2CC(=O)NC2=O)cc1.Cl. The Labute approximate surface area is 148 Å². The van der Waals surface area contributed by atoms with E-state index in [1.54, 1.807) is 19.1 Å². The summed E-state index contributed by atoms with van der Waals surface area (Å²) in [6.45, 7) is 3.70. The van der Waals surface area contributed by atoms with Crippen LogP contribution in [0.15, 0.2) is 24.3 Å². The van der Waals surface area contributed by atoms with Crippen LogP contribution in [0.2, 0.25) is 0 Å². The lowest BCUT2D eigenvalue weighted by Crippen LogP contribution is -2.48. The first-order valence-electron chi connectivity index (χ1n) is 7.85. The number of carbonyl (C=O) groups is 3. The fourth-order valence-corrected chi connectivity index (χ4v) is 2.69. The first kappa shape index (κ1) is 20.1. The molecule has 0 saturated carbocycles. The third-order valence-corrected chi connectivity index (χ3v) is 4.05. The highest BCUT2D eigenvalue weighted by molar-refractivity contribution is 6.03. The van der Waals surface area contributed by atoms with Gasteiger partial charge >= 0.3 is 0 Å². The highest BCUT2D eigenvalue weighted by Gasteiger charge is 2.30. The lowest BCUT2D eigenvalue weighted by molar-refractivity contribution is -0.126. The smallest absolute Gasteiger partial charge is 0.244 e. The van der Waals surface area contributed by atoms with E-state index in [9.17, 15) is 14.4 Å². The van der Waals surface area contributed by atoms with Gasteiger partial charge in [-0.2, -0.15) is 0 Å². The maximum atomic E-state index is 12.1. The van der Waals surface area contributed by atoms with Crippen molar-refractivity contribution in [2.75, 3.05) is 5.32 Å². The van der Waals surface area contributed by atoms with E-state index in [-0.39, 0.29) is 42.5 Å². The van der Waals surface area contributed by atoms with Gasteiger partial charge in [0.05, 0.1) is 11.5 Å². The molecule has 3 amide bonds. The first-order valence-corrected chi connectivity index (χ1v) is 7.85. The van der Waals surface area contributed by atoms with Crippen LogP contribution in [0.3, 0.4) is 0 Å². The quantitative estimate of drug-likeness (QED) is 0.678. The van der Waals surface area contributed by atoms with Crippen molar-refractivity contribution >= 4 is 35.8 Å². The monoisotopic (exact) mass is 353 g/mol. The Hall–Kier alpha value is -1.92. The van der Waals surface area contributed by atoms with Crippen LogP contribution in [0.1, 0.15) is 38.7 Å². The molecule has 0 radical (unpaired) electrons. The minimum atomic E-state index is -0.893. The van der Waals surface area contributed by atoms with E-state index >= 15 is 0 Å².